The second-order valence-electron chi connectivity index (χ2n) is 6.78. The molecule has 3 atom stereocenters. The van der Waals surface area contributed by atoms with Crippen LogP contribution in [0.25, 0.3) is 0 Å². The molecule has 2 rings (SSSR count). The van der Waals surface area contributed by atoms with Crippen molar-refractivity contribution in [3.63, 3.8) is 0 Å². The second kappa shape index (κ2) is 7.28. The predicted molar refractivity (Wildman–Crippen MR) is 78.9 cm³/mol. The Bertz CT molecular complexity index is 284. The Balaban J connectivity index is 1.79. The molecule has 3 nitrogen and oxygen atoms in total. The third kappa shape index (κ3) is 4.48. The van der Waals surface area contributed by atoms with E-state index in [1.54, 1.807) is 0 Å². The van der Waals surface area contributed by atoms with Crippen LogP contribution in [0, 0.1) is 17.8 Å². The molecule has 0 spiro atoms. The summed E-state index contributed by atoms with van der Waals surface area (Å²) in [6.07, 6.45) is 8.22. The summed E-state index contributed by atoms with van der Waals surface area (Å²) in [5.41, 5.74) is 0. The lowest BCUT2D eigenvalue weighted by Crippen LogP contribution is -2.45. The Hall–Kier alpha value is -0.570. The topological polar surface area (TPSA) is 41.1 Å². The first-order chi connectivity index (χ1) is 9.16. The molecule has 1 amide bonds. The maximum absolute atomic E-state index is 12.2. The van der Waals surface area contributed by atoms with Gasteiger partial charge in [0.05, 0.1) is 0 Å². The minimum Gasteiger partial charge on any atom is -0.353 e. The van der Waals surface area contributed by atoms with E-state index < -0.39 is 0 Å². The maximum Gasteiger partial charge on any atom is 0.220 e. The zero-order chi connectivity index (χ0) is 13.7. The summed E-state index contributed by atoms with van der Waals surface area (Å²) in [6.45, 7) is 6.72. The van der Waals surface area contributed by atoms with Gasteiger partial charge in [0.25, 0.3) is 0 Å². The lowest BCUT2D eigenvalue weighted by Gasteiger charge is -2.35. The van der Waals surface area contributed by atoms with Gasteiger partial charge in [0.1, 0.15) is 0 Å². The monoisotopic (exact) mass is 266 g/mol. The van der Waals surface area contributed by atoms with E-state index in [2.05, 4.69) is 24.5 Å². The van der Waals surface area contributed by atoms with E-state index in [4.69, 9.17) is 0 Å². The summed E-state index contributed by atoms with van der Waals surface area (Å²) >= 11 is 0. The van der Waals surface area contributed by atoms with Crippen LogP contribution < -0.4 is 10.6 Å². The molecule has 3 heteroatoms. The van der Waals surface area contributed by atoms with Crippen molar-refractivity contribution >= 4 is 5.91 Å². The minimum absolute atomic E-state index is 0.284. The molecule has 0 bridgehead atoms. The van der Waals surface area contributed by atoms with E-state index >= 15 is 0 Å². The highest BCUT2D eigenvalue weighted by Gasteiger charge is 2.29. The Labute approximate surface area is 117 Å². The van der Waals surface area contributed by atoms with Crippen LogP contribution in [0.15, 0.2) is 0 Å². The molecule has 19 heavy (non-hydrogen) atoms. The molecule has 1 saturated heterocycles. The standard InChI is InChI=1S/C16H30N2O/c1-12(2)14-7-3-4-8-15(14)18-16(19)10-13-6-5-9-17-11-13/h12-15,17H,3-11H2,1-2H3,(H,18,19). The normalized spacial score (nSPS) is 32.3. The Kier molecular flexibility index (Phi) is 5.68. The van der Waals surface area contributed by atoms with Crippen LogP contribution in [0.4, 0.5) is 0 Å². The molecule has 1 heterocycles. The summed E-state index contributed by atoms with van der Waals surface area (Å²) in [5.74, 6) is 2.20. The maximum atomic E-state index is 12.2. The molecule has 2 N–H and O–H groups in total. The first-order valence-electron chi connectivity index (χ1n) is 8.17. The summed E-state index contributed by atoms with van der Waals surface area (Å²) in [6, 6.07) is 0.429. The Morgan fingerprint density at radius 1 is 1.21 bits per heavy atom. The molecule has 2 fully saturated rings. The lowest BCUT2D eigenvalue weighted by atomic mass is 9.77. The van der Waals surface area contributed by atoms with Crippen LogP contribution in [-0.4, -0.2) is 25.0 Å². The summed E-state index contributed by atoms with van der Waals surface area (Å²) in [4.78, 5) is 12.2. The molecule has 110 valence electrons. The number of hydrogen-bond acceptors (Lipinski definition) is 2. The zero-order valence-corrected chi connectivity index (χ0v) is 12.6. The van der Waals surface area contributed by atoms with Crippen molar-refractivity contribution in [3.05, 3.63) is 0 Å². The number of nitrogens with one attached hydrogen (secondary N) is 2. The number of hydrogen-bond donors (Lipinski definition) is 2. The average Bonchev–Trinajstić information content (AvgIpc) is 2.40. The van der Waals surface area contributed by atoms with E-state index in [1.807, 2.05) is 0 Å². The molecule has 2 aliphatic rings. The molecule has 0 aromatic carbocycles. The Morgan fingerprint density at radius 3 is 2.68 bits per heavy atom. The van der Waals surface area contributed by atoms with Gasteiger partial charge < -0.3 is 10.6 Å². The van der Waals surface area contributed by atoms with Gasteiger partial charge >= 0.3 is 0 Å². The van der Waals surface area contributed by atoms with Crippen molar-refractivity contribution in [1.82, 2.24) is 10.6 Å². The van der Waals surface area contributed by atoms with Crippen LogP contribution in [0.3, 0.4) is 0 Å². The van der Waals surface area contributed by atoms with Crippen LogP contribution in [-0.2, 0) is 4.79 Å². The first-order valence-corrected chi connectivity index (χ1v) is 8.17. The van der Waals surface area contributed by atoms with Crippen LogP contribution in [0.2, 0.25) is 0 Å². The van der Waals surface area contributed by atoms with E-state index in [1.165, 1.54) is 38.5 Å². The van der Waals surface area contributed by atoms with Gasteiger partial charge in [0.15, 0.2) is 0 Å². The van der Waals surface area contributed by atoms with Crippen molar-refractivity contribution in [2.45, 2.75) is 64.8 Å². The molecule has 0 aromatic rings. The van der Waals surface area contributed by atoms with E-state index in [0.29, 0.717) is 30.2 Å². The highest BCUT2D eigenvalue weighted by molar-refractivity contribution is 5.76. The van der Waals surface area contributed by atoms with Crippen LogP contribution >= 0.6 is 0 Å². The van der Waals surface area contributed by atoms with Gasteiger partial charge in [-0.25, -0.2) is 0 Å². The van der Waals surface area contributed by atoms with Crippen LogP contribution in [0.1, 0.15) is 58.8 Å². The highest BCUT2D eigenvalue weighted by Crippen LogP contribution is 2.30. The summed E-state index contributed by atoms with van der Waals surface area (Å²) < 4.78 is 0. The van der Waals surface area contributed by atoms with Gasteiger partial charge in [-0.15, -0.1) is 0 Å². The second-order valence-corrected chi connectivity index (χ2v) is 6.78. The SMILES string of the molecule is CC(C)C1CCCCC1NC(=O)CC1CCCNC1. The van der Waals surface area contributed by atoms with Gasteiger partial charge in [0, 0.05) is 12.5 Å². The van der Waals surface area contributed by atoms with Crippen molar-refractivity contribution < 1.29 is 4.79 Å². The van der Waals surface area contributed by atoms with Crippen LogP contribution in [0.5, 0.6) is 0 Å². The fraction of sp³-hybridized carbons (Fsp3) is 0.938. The average molecular weight is 266 g/mol. The molecule has 0 aromatic heterocycles. The zero-order valence-electron chi connectivity index (χ0n) is 12.6. The summed E-state index contributed by atoms with van der Waals surface area (Å²) in [7, 11) is 0. The smallest absolute Gasteiger partial charge is 0.220 e. The molecular weight excluding hydrogens is 236 g/mol. The summed E-state index contributed by atoms with van der Waals surface area (Å²) in [5, 5.41) is 6.72. The molecule has 1 aliphatic heterocycles. The first kappa shape index (κ1) is 14.8. The van der Waals surface area contributed by atoms with Gasteiger partial charge in [-0.2, -0.15) is 0 Å². The lowest BCUT2D eigenvalue weighted by molar-refractivity contribution is -0.123. The van der Waals surface area contributed by atoms with Gasteiger partial charge in [0.2, 0.25) is 5.91 Å². The molecular formula is C16H30N2O. The number of rotatable bonds is 4. The van der Waals surface area contributed by atoms with E-state index in [-0.39, 0.29) is 5.91 Å². The molecule has 1 aliphatic carbocycles. The van der Waals surface area contributed by atoms with Gasteiger partial charge in [-0.3, -0.25) is 4.79 Å². The van der Waals surface area contributed by atoms with Crippen molar-refractivity contribution in [3.8, 4) is 0 Å². The van der Waals surface area contributed by atoms with Gasteiger partial charge in [-0.05, 0) is 56.5 Å². The number of carbonyl (C=O) groups is 1. The minimum atomic E-state index is 0.284. The largest absolute Gasteiger partial charge is 0.353 e. The van der Waals surface area contributed by atoms with Crippen molar-refractivity contribution in [2.75, 3.05) is 13.1 Å². The number of carbonyl (C=O) groups excluding carboxylic acids is 1. The quantitative estimate of drug-likeness (QED) is 0.821. The Morgan fingerprint density at radius 2 is 2.00 bits per heavy atom. The third-order valence-corrected chi connectivity index (χ3v) is 4.90. The molecule has 3 unspecified atom stereocenters. The molecule has 0 radical (unpaired) electrons. The fourth-order valence-electron chi connectivity index (χ4n) is 3.76. The third-order valence-electron chi connectivity index (χ3n) is 4.90. The van der Waals surface area contributed by atoms with Gasteiger partial charge in [-0.1, -0.05) is 26.7 Å². The highest BCUT2D eigenvalue weighted by atomic mass is 16.1. The van der Waals surface area contributed by atoms with E-state index in [0.717, 1.165) is 13.1 Å². The van der Waals surface area contributed by atoms with Crippen molar-refractivity contribution in [2.24, 2.45) is 17.8 Å². The number of amides is 1. The van der Waals surface area contributed by atoms with E-state index in [9.17, 15) is 4.79 Å². The number of piperidine rings is 1. The van der Waals surface area contributed by atoms with Crippen molar-refractivity contribution in [1.29, 1.82) is 0 Å². The predicted octanol–water partition coefficient (Wildman–Crippen LogP) is 2.71. The molecule has 1 saturated carbocycles. The fourth-order valence-corrected chi connectivity index (χ4v) is 3.76.